The third-order valence-corrected chi connectivity index (χ3v) is 2.76. The number of pyridine rings is 1. The van der Waals surface area contributed by atoms with E-state index in [9.17, 15) is 10.1 Å². The van der Waals surface area contributed by atoms with Gasteiger partial charge in [-0.3, -0.25) is 10.1 Å². The summed E-state index contributed by atoms with van der Waals surface area (Å²) >= 11 is 0. The first-order valence-corrected chi connectivity index (χ1v) is 6.65. The van der Waals surface area contributed by atoms with Gasteiger partial charge in [-0.05, 0) is 11.6 Å². The standard InChI is InChI=1S/C15H17N3O3/c1-11(2)16-9-12-6-7-15(17-10-12)21-14-5-3-4-13(8-14)18(19)20/h3-8,10-11,16H,9H2,1-2H3. The van der Waals surface area contributed by atoms with E-state index in [4.69, 9.17) is 4.74 Å². The Balaban J connectivity index is 2.03. The zero-order valence-electron chi connectivity index (χ0n) is 11.9. The van der Waals surface area contributed by atoms with Gasteiger partial charge in [0, 0.05) is 30.9 Å². The first-order chi connectivity index (χ1) is 10.0. The highest BCUT2D eigenvalue weighted by Crippen LogP contribution is 2.23. The maximum atomic E-state index is 10.7. The number of benzene rings is 1. The molecule has 0 aliphatic rings. The highest BCUT2D eigenvalue weighted by atomic mass is 16.6. The van der Waals surface area contributed by atoms with E-state index in [2.05, 4.69) is 24.1 Å². The van der Waals surface area contributed by atoms with Crippen molar-refractivity contribution in [2.45, 2.75) is 26.4 Å². The van der Waals surface area contributed by atoms with E-state index < -0.39 is 4.92 Å². The topological polar surface area (TPSA) is 77.3 Å². The molecule has 2 rings (SSSR count). The number of hydrogen-bond acceptors (Lipinski definition) is 5. The van der Waals surface area contributed by atoms with Crippen molar-refractivity contribution in [1.29, 1.82) is 0 Å². The van der Waals surface area contributed by atoms with Gasteiger partial charge in [0.2, 0.25) is 5.88 Å². The molecule has 110 valence electrons. The molecule has 0 radical (unpaired) electrons. The number of aromatic nitrogens is 1. The smallest absolute Gasteiger partial charge is 0.273 e. The van der Waals surface area contributed by atoms with Crippen LogP contribution in [0, 0.1) is 10.1 Å². The number of rotatable bonds is 6. The summed E-state index contributed by atoms with van der Waals surface area (Å²) in [5, 5.41) is 14.0. The highest BCUT2D eigenvalue weighted by Gasteiger charge is 2.07. The van der Waals surface area contributed by atoms with Gasteiger partial charge in [-0.15, -0.1) is 0 Å². The lowest BCUT2D eigenvalue weighted by Crippen LogP contribution is -2.21. The molecule has 0 saturated heterocycles. The largest absolute Gasteiger partial charge is 0.439 e. The monoisotopic (exact) mass is 287 g/mol. The highest BCUT2D eigenvalue weighted by molar-refractivity contribution is 5.39. The van der Waals surface area contributed by atoms with Gasteiger partial charge < -0.3 is 10.1 Å². The number of nitro benzene ring substituents is 1. The molecule has 1 aromatic carbocycles. The number of ether oxygens (including phenoxy) is 1. The average Bonchev–Trinajstić information content (AvgIpc) is 2.47. The summed E-state index contributed by atoms with van der Waals surface area (Å²) in [6.07, 6.45) is 1.72. The summed E-state index contributed by atoms with van der Waals surface area (Å²) in [7, 11) is 0. The molecule has 0 fully saturated rings. The van der Waals surface area contributed by atoms with Crippen molar-refractivity contribution >= 4 is 5.69 Å². The van der Waals surface area contributed by atoms with Gasteiger partial charge in [0.05, 0.1) is 11.0 Å². The van der Waals surface area contributed by atoms with Crippen LogP contribution in [0.5, 0.6) is 11.6 Å². The fraction of sp³-hybridized carbons (Fsp3) is 0.267. The minimum Gasteiger partial charge on any atom is -0.439 e. The zero-order chi connectivity index (χ0) is 15.2. The van der Waals surface area contributed by atoms with Gasteiger partial charge in [0.15, 0.2) is 0 Å². The summed E-state index contributed by atoms with van der Waals surface area (Å²) in [4.78, 5) is 14.4. The van der Waals surface area contributed by atoms with Gasteiger partial charge in [0.25, 0.3) is 5.69 Å². The van der Waals surface area contributed by atoms with Gasteiger partial charge in [-0.2, -0.15) is 0 Å². The van der Waals surface area contributed by atoms with Crippen molar-refractivity contribution in [3.63, 3.8) is 0 Å². The lowest BCUT2D eigenvalue weighted by molar-refractivity contribution is -0.384. The predicted molar refractivity (Wildman–Crippen MR) is 79.4 cm³/mol. The molecule has 0 saturated carbocycles. The first kappa shape index (κ1) is 14.9. The van der Waals surface area contributed by atoms with Gasteiger partial charge in [0.1, 0.15) is 5.75 Å². The number of nitrogens with one attached hydrogen (secondary N) is 1. The molecular formula is C15H17N3O3. The number of nitrogens with zero attached hydrogens (tertiary/aromatic N) is 2. The first-order valence-electron chi connectivity index (χ1n) is 6.65. The molecule has 2 aromatic rings. The van der Waals surface area contributed by atoms with Crippen LogP contribution >= 0.6 is 0 Å². The van der Waals surface area contributed by atoms with Crippen molar-refractivity contribution in [3.05, 3.63) is 58.3 Å². The van der Waals surface area contributed by atoms with Gasteiger partial charge in [-0.25, -0.2) is 4.98 Å². The Morgan fingerprint density at radius 1 is 1.33 bits per heavy atom. The quantitative estimate of drug-likeness (QED) is 0.651. The predicted octanol–water partition coefficient (Wildman–Crippen LogP) is 3.28. The Bertz CT molecular complexity index is 612. The maximum absolute atomic E-state index is 10.7. The van der Waals surface area contributed by atoms with Crippen molar-refractivity contribution in [2.24, 2.45) is 0 Å². The lowest BCUT2D eigenvalue weighted by atomic mass is 10.2. The van der Waals surface area contributed by atoms with Crippen LogP contribution in [-0.4, -0.2) is 15.9 Å². The van der Waals surface area contributed by atoms with Crippen LogP contribution in [0.1, 0.15) is 19.4 Å². The Morgan fingerprint density at radius 3 is 2.76 bits per heavy atom. The molecule has 0 bridgehead atoms. The van der Waals surface area contributed by atoms with Crippen molar-refractivity contribution in [2.75, 3.05) is 0 Å². The molecule has 1 N–H and O–H groups in total. The zero-order valence-corrected chi connectivity index (χ0v) is 11.9. The fourth-order valence-corrected chi connectivity index (χ4v) is 1.68. The normalized spacial score (nSPS) is 10.6. The summed E-state index contributed by atoms with van der Waals surface area (Å²) in [5.41, 5.74) is 1.04. The van der Waals surface area contributed by atoms with Crippen LogP contribution in [0.15, 0.2) is 42.6 Å². The molecule has 0 spiro atoms. The van der Waals surface area contributed by atoms with E-state index in [0.717, 1.165) is 12.1 Å². The maximum Gasteiger partial charge on any atom is 0.273 e. The molecule has 0 atom stereocenters. The van der Waals surface area contributed by atoms with Crippen molar-refractivity contribution < 1.29 is 9.66 Å². The summed E-state index contributed by atoms with van der Waals surface area (Å²) in [6.45, 7) is 4.89. The van der Waals surface area contributed by atoms with Gasteiger partial charge in [-0.1, -0.05) is 26.0 Å². The SMILES string of the molecule is CC(C)NCc1ccc(Oc2cccc([N+](=O)[O-])c2)nc1. The van der Waals surface area contributed by atoms with Crippen LogP contribution in [0.2, 0.25) is 0 Å². The third kappa shape index (κ3) is 4.54. The minimum absolute atomic E-state index is 0.00902. The molecule has 0 aliphatic carbocycles. The van der Waals surface area contributed by atoms with E-state index in [1.54, 1.807) is 24.4 Å². The summed E-state index contributed by atoms with van der Waals surface area (Å²) in [5.74, 6) is 0.800. The number of nitro groups is 1. The van der Waals surface area contributed by atoms with E-state index in [-0.39, 0.29) is 5.69 Å². The molecule has 21 heavy (non-hydrogen) atoms. The summed E-state index contributed by atoms with van der Waals surface area (Å²) in [6, 6.07) is 10.1. The number of hydrogen-bond donors (Lipinski definition) is 1. The summed E-state index contributed by atoms with van der Waals surface area (Å²) < 4.78 is 5.51. The van der Waals surface area contributed by atoms with Crippen molar-refractivity contribution in [3.8, 4) is 11.6 Å². The van der Waals surface area contributed by atoms with E-state index in [1.165, 1.54) is 12.1 Å². The molecule has 0 amide bonds. The van der Waals surface area contributed by atoms with Crippen LogP contribution in [0.4, 0.5) is 5.69 Å². The lowest BCUT2D eigenvalue weighted by Gasteiger charge is -2.08. The van der Waals surface area contributed by atoms with E-state index >= 15 is 0 Å². The van der Waals surface area contributed by atoms with Crippen molar-refractivity contribution in [1.82, 2.24) is 10.3 Å². The second kappa shape index (κ2) is 6.81. The van der Waals surface area contributed by atoms with Crippen LogP contribution in [-0.2, 0) is 6.54 Å². The Kier molecular flexibility index (Phi) is 4.84. The molecule has 0 aliphatic heterocycles. The fourth-order valence-electron chi connectivity index (χ4n) is 1.68. The Hall–Kier alpha value is -2.47. The Morgan fingerprint density at radius 2 is 2.14 bits per heavy atom. The average molecular weight is 287 g/mol. The van der Waals surface area contributed by atoms with Crippen LogP contribution in [0.25, 0.3) is 0 Å². The molecular weight excluding hydrogens is 270 g/mol. The molecule has 1 aromatic heterocycles. The number of non-ortho nitro benzene ring substituents is 1. The molecule has 1 heterocycles. The van der Waals surface area contributed by atoms with E-state index in [1.807, 2.05) is 6.07 Å². The second-order valence-electron chi connectivity index (χ2n) is 4.90. The second-order valence-corrected chi connectivity index (χ2v) is 4.90. The van der Waals surface area contributed by atoms with Crippen LogP contribution in [0.3, 0.4) is 0 Å². The minimum atomic E-state index is -0.457. The third-order valence-electron chi connectivity index (χ3n) is 2.76. The molecule has 6 nitrogen and oxygen atoms in total. The Labute approximate surface area is 122 Å². The molecule has 6 heteroatoms. The van der Waals surface area contributed by atoms with Gasteiger partial charge >= 0.3 is 0 Å². The molecule has 0 unspecified atom stereocenters. The van der Waals surface area contributed by atoms with E-state index in [0.29, 0.717) is 17.7 Å². The van der Waals surface area contributed by atoms with Crippen LogP contribution < -0.4 is 10.1 Å².